The zero-order chi connectivity index (χ0) is 13.0. The van der Waals surface area contributed by atoms with Crippen LogP contribution in [0.2, 0.25) is 0 Å². The molecule has 94 valence electrons. The first-order chi connectivity index (χ1) is 8.66. The summed E-state index contributed by atoms with van der Waals surface area (Å²) in [5, 5.41) is 0. The van der Waals surface area contributed by atoms with E-state index in [1.54, 1.807) is 12.1 Å². The molecule has 0 saturated heterocycles. The molecule has 2 aromatic carbocycles. The van der Waals surface area contributed by atoms with Gasteiger partial charge in [-0.05, 0) is 24.7 Å². The normalized spacial score (nSPS) is 10.8. The Morgan fingerprint density at radius 3 is 2.17 bits per heavy atom. The lowest BCUT2D eigenvalue weighted by Crippen LogP contribution is -2.18. The zero-order valence-corrected chi connectivity index (χ0v) is 10.4. The fourth-order valence-electron chi connectivity index (χ4n) is 1.94. The molecular formula is C15H17FN2. The van der Waals surface area contributed by atoms with Gasteiger partial charge in [-0.1, -0.05) is 36.4 Å². The second kappa shape index (κ2) is 5.65. The van der Waals surface area contributed by atoms with Crippen molar-refractivity contribution in [2.75, 3.05) is 12.8 Å². The van der Waals surface area contributed by atoms with Crippen LogP contribution >= 0.6 is 0 Å². The highest BCUT2D eigenvalue weighted by Gasteiger charge is 2.06. The van der Waals surface area contributed by atoms with Crippen LogP contribution in [0.15, 0.2) is 48.5 Å². The van der Waals surface area contributed by atoms with E-state index in [0.717, 1.165) is 11.3 Å². The van der Waals surface area contributed by atoms with Crippen LogP contribution in [0.3, 0.4) is 0 Å². The van der Waals surface area contributed by atoms with Gasteiger partial charge < -0.3 is 5.73 Å². The maximum absolute atomic E-state index is 13.5. The molecule has 3 heteroatoms. The van der Waals surface area contributed by atoms with Crippen LogP contribution < -0.4 is 5.73 Å². The molecule has 0 heterocycles. The molecule has 0 spiro atoms. The Hall–Kier alpha value is -1.87. The molecule has 18 heavy (non-hydrogen) atoms. The van der Waals surface area contributed by atoms with Gasteiger partial charge in [0.2, 0.25) is 0 Å². The summed E-state index contributed by atoms with van der Waals surface area (Å²) in [7, 11) is 1.96. The van der Waals surface area contributed by atoms with E-state index in [-0.39, 0.29) is 5.82 Å². The van der Waals surface area contributed by atoms with Gasteiger partial charge in [-0.15, -0.1) is 0 Å². The molecule has 0 aliphatic carbocycles. The van der Waals surface area contributed by atoms with Gasteiger partial charge in [0.15, 0.2) is 0 Å². The number of para-hydroxylation sites is 1. The number of hydrogen-bond acceptors (Lipinski definition) is 2. The first-order valence-electron chi connectivity index (χ1n) is 5.92. The molecule has 0 amide bonds. The van der Waals surface area contributed by atoms with Crippen molar-refractivity contribution in [3.63, 3.8) is 0 Å². The number of nitrogen functional groups attached to an aromatic ring is 1. The SMILES string of the molecule is CN(Cc1ccccc1N)Cc1ccccc1F. The molecule has 0 atom stereocenters. The highest BCUT2D eigenvalue weighted by Crippen LogP contribution is 2.15. The zero-order valence-electron chi connectivity index (χ0n) is 10.4. The van der Waals surface area contributed by atoms with E-state index < -0.39 is 0 Å². The number of benzene rings is 2. The van der Waals surface area contributed by atoms with Crippen LogP contribution in [-0.2, 0) is 13.1 Å². The van der Waals surface area contributed by atoms with Gasteiger partial charge in [0.1, 0.15) is 5.82 Å². The lowest BCUT2D eigenvalue weighted by Gasteiger charge is -2.18. The summed E-state index contributed by atoms with van der Waals surface area (Å²) in [5.41, 5.74) is 8.44. The number of nitrogens with zero attached hydrogens (tertiary/aromatic N) is 1. The fourth-order valence-corrected chi connectivity index (χ4v) is 1.94. The van der Waals surface area contributed by atoms with Crippen LogP contribution in [-0.4, -0.2) is 11.9 Å². The van der Waals surface area contributed by atoms with E-state index in [1.165, 1.54) is 6.07 Å². The predicted molar refractivity (Wildman–Crippen MR) is 72.4 cm³/mol. The molecular weight excluding hydrogens is 227 g/mol. The average molecular weight is 244 g/mol. The summed E-state index contributed by atoms with van der Waals surface area (Å²) in [6, 6.07) is 14.6. The van der Waals surface area contributed by atoms with Crippen LogP contribution in [0, 0.1) is 5.82 Å². The summed E-state index contributed by atoms with van der Waals surface area (Å²) < 4.78 is 13.5. The molecule has 0 radical (unpaired) electrons. The molecule has 0 aromatic heterocycles. The summed E-state index contributed by atoms with van der Waals surface area (Å²) in [6.45, 7) is 1.28. The van der Waals surface area contributed by atoms with Crippen molar-refractivity contribution < 1.29 is 4.39 Å². The topological polar surface area (TPSA) is 29.3 Å². The van der Waals surface area contributed by atoms with E-state index in [0.29, 0.717) is 18.7 Å². The smallest absolute Gasteiger partial charge is 0.127 e. The Kier molecular flexibility index (Phi) is 3.95. The first kappa shape index (κ1) is 12.6. The van der Waals surface area contributed by atoms with Crippen LogP contribution in [0.4, 0.5) is 10.1 Å². The largest absolute Gasteiger partial charge is 0.398 e. The molecule has 0 aliphatic rings. The molecule has 2 rings (SSSR count). The summed E-state index contributed by atoms with van der Waals surface area (Å²) in [4.78, 5) is 2.05. The van der Waals surface area contributed by atoms with E-state index in [1.807, 2.05) is 42.3 Å². The summed E-state index contributed by atoms with van der Waals surface area (Å²) in [6.07, 6.45) is 0. The van der Waals surface area contributed by atoms with Crippen molar-refractivity contribution in [1.82, 2.24) is 4.90 Å². The third kappa shape index (κ3) is 3.08. The van der Waals surface area contributed by atoms with Crippen molar-refractivity contribution >= 4 is 5.69 Å². The number of nitrogens with two attached hydrogens (primary N) is 1. The van der Waals surface area contributed by atoms with Crippen LogP contribution in [0.1, 0.15) is 11.1 Å². The Morgan fingerprint density at radius 2 is 1.50 bits per heavy atom. The quantitative estimate of drug-likeness (QED) is 0.838. The molecule has 2 nitrogen and oxygen atoms in total. The van der Waals surface area contributed by atoms with Gasteiger partial charge in [0.05, 0.1) is 0 Å². The summed E-state index contributed by atoms with van der Waals surface area (Å²) in [5.74, 6) is -0.162. The highest BCUT2D eigenvalue weighted by atomic mass is 19.1. The van der Waals surface area contributed by atoms with Gasteiger partial charge in [-0.25, -0.2) is 4.39 Å². The van der Waals surface area contributed by atoms with Gasteiger partial charge in [0, 0.05) is 24.3 Å². The Labute approximate surface area is 107 Å². The second-order valence-corrected chi connectivity index (χ2v) is 4.46. The van der Waals surface area contributed by atoms with E-state index in [2.05, 4.69) is 0 Å². The lowest BCUT2D eigenvalue weighted by atomic mass is 10.1. The van der Waals surface area contributed by atoms with E-state index in [9.17, 15) is 4.39 Å². The van der Waals surface area contributed by atoms with Crippen molar-refractivity contribution in [1.29, 1.82) is 0 Å². The Balaban J connectivity index is 2.04. The Morgan fingerprint density at radius 1 is 0.944 bits per heavy atom. The predicted octanol–water partition coefficient (Wildman–Crippen LogP) is 3.04. The monoisotopic (exact) mass is 244 g/mol. The van der Waals surface area contributed by atoms with Crippen LogP contribution in [0.25, 0.3) is 0 Å². The third-order valence-electron chi connectivity index (χ3n) is 2.89. The molecule has 0 aliphatic heterocycles. The summed E-state index contributed by atoms with van der Waals surface area (Å²) >= 11 is 0. The first-order valence-corrected chi connectivity index (χ1v) is 5.92. The van der Waals surface area contributed by atoms with E-state index >= 15 is 0 Å². The molecule has 0 bridgehead atoms. The van der Waals surface area contributed by atoms with E-state index in [4.69, 9.17) is 5.73 Å². The number of halogens is 1. The van der Waals surface area contributed by atoms with Crippen molar-refractivity contribution in [3.05, 3.63) is 65.5 Å². The molecule has 0 unspecified atom stereocenters. The molecule has 2 N–H and O–H groups in total. The molecule has 0 fully saturated rings. The minimum Gasteiger partial charge on any atom is -0.398 e. The van der Waals surface area contributed by atoms with Gasteiger partial charge in [-0.3, -0.25) is 4.90 Å². The van der Waals surface area contributed by atoms with Gasteiger partial charge >= 0.3 is 0 Å². The van der Waals surface area contributed by atoms with Gasteiger partial charge in [0.25, 0.3) is 0 Å². The fraction of sp³-hybridized carbons (Fsp3) is 0.200. The number of anilines is 1. The van der Waals surface area contributed by atoms with Crippen molar-refractivity contribution in [2.45, 2.75) is 13.1 Å². The third-order valence-corrected chi connectivity index (χ3v) is 2.89. The van der Waals surface area contributed by atoms with Crippen molar-refractivity contribution in [3.8, 4) is 0 Å². The molecule has 2 aromatic rings. The van der Waals surface area contributed by atoms with Crippen molar-refractivity contribution in [2.24, 2.45) is 0 Å². The maximum atomic E-state index is 13.5. The number of hydrogen-bond donors (Lipinski definition) is 1. The average Bonchev–Trinajstić information content (AvgIpc) is 2.35. The van der Waals surface area contributed by atoms with Gasteiger partial charge in [-0.2, -0.15) is 0 Å². The highest BCUT2D eigenvalue weighted by molar-refractivity contribution is 5.46. The number of rotatable bonds is 4. The Bertz CT molecular complexity index is 478. The lowest BCUT2D eigenvalue weighted by molar-refractivity contribution is 0.314. The standard InChI is InChI=1S/C15H17FN2/c1-18(10-12-6-2-4-8-14(12)16)11-13-7-3-5-9-15(13)17/h2-9H,10-11,17H2,1H3. The second-order valence-electron chi connectivity index (χ2n) is 4.46. The molecule has 0 saturated carbocycles. The minimum absolute atomic E-state index is 0.162. The minimum atomic E-state index is -0.162. The van der Waals surface area contributed by atoms with Crippen LogP contribution in [0.5, 0.6) is 0 Å². The maximum Gasteiger partial charge on any atom is 0.127 e.